The summed E-state index contributed by atoms with van der Waals surface area (Å²) in [5.41, 5.74) is 16.2. The van der Waals surface area contributed by atoms with Crippen LogP contribution in [0.25, 0.3) is 82.4 Å². The number of rotatable bonds is 6. The predicted molar refractivity (Wildman–Crippen MR) is 248 cm³/mol. The summed E-state index contributed by atoms with van der Waals surface area (Å²) in [6, 6.07) is 72.4. The first-order valence-corrected chi connectivity index (χ1v) is 20.1. The van der Waals surface area contributed by atoms with Gasteiger partial charge in [-0.1, -0.05) is 121 Å². The molecule has 0 saturated carbocycles. The number of nitrogens with one attached hydrogen (secondary N) is 1. The van der Waals surface area contributed by atoms with Gasteiger partial charge in [0.15, 0.2) is 0 Å². The number of pyridine rings is 1. The Morgan fingerprint density at radius 2 is 1.10 bits per heavy atom. The Morgan fingerprint density at radius 1 is 0.407 bits per heavy atom. The van der Waals surface area contributed by atoms with Crippen LogP contribution in [0.5, 0.6) is 0 Å². The van der Waals surface area contributed by atoms with Crippen molar-refractivity contribution in [2.24, 2.45) is 0 Å². The first-order chi connectivity index (χ1) is 29.3. The summed E-state index contributed by atoms with van der Waals surface area (Å²) in [7, 11) is 0. The summed E-state index contributed by atoms with van der Waals surface area (Å²) in [5.74, 6) is 0. The first kappa shape index (κ1) is 33.2. The Morgan fingerprint density at radius 3 is 1.95 bits per heavy atom. The largest absolute Gasteiger partial charge is 0.354 e. The molecule has 4 heteroatoms. The number of hydrogen-bond donors (Lipinski definition) is 1. The molecule has 0 spiro atoms. The molecule has 1 aliphatic heterocycles. The number of aromatic nitrogens is 2. The van der Waals surface area contributed by atoms with Gasteiger partial charge in [-0.05, 0) is 123 Å². The van der Waals surface area contributed by atoms with Gasteiger partial charge in [0.05, 0.1) is 22.9 Å². The van der Waals surface area contributed by atoms with Crippen molar-refractivity contribution in [2.75, 3.05) is 10.2 Å². The zero-order valence-corrected chi connectivity index (χ0v) is 32.0. The number of nitrogens with zero attached hydrogens (tertiary/aromatic N) is 3. The second-order valence-electron chi connectivity index (χ2n) is 15.3. The van der Waals surface area contributed by atoms with Crippen LogP contribution in [0.1, 0.15) is 0 Å². The van der Waals surface area contributed by atoms with Crippen molar-refractivity contribution in [3.63, 3.8) is 0 Å². The standard InChI is InChI=1S/C55H36N4/c1-3-15-38(16-4-1)58(41-20-13-31-56-35-41)40-19-11-14-36(32-40)48-34-51-55(46-23-8-7-21-43(46)48)47-25-12-24-45-42(28-29-50(57-51)54(45)47)37-27-30-53-49(33-37)44-22-9-10-26-52(44)59(53)39-17-5-2-6-18-39/h1-35,57H. The van der Waals surface area contributed by atoms with E-state index in [1.54, 1.807) is 0 Å². The third-order valence-corrected chi connectivity index (χ3v) is 12.0. The molecule has 4 nitrogen and oxygen atoms in total. The van der Waals surface area contributed by atoms with Crippen molar-refractivity contribution in [1.29, 1.82) is 0 Å². The Labute approximate surface area is 341 Å². The second kappa shape index (κ2) is 13.3. The van der Waals surface area contributed by atoms with Crippen molar-refractivity contribution in [3.05, 3.63) is 213 Å². The first-order valence-electron chi connectivity index (χ1n) is 20.1. The van der Waals surface area contributed by atoms with Crippen molar-refractivity contribution in [1.82, 2.24) is 9.55 Å². The Kier molecular flexibility index (Phi) is 7.50. The topological polar surface area (TPSA) is 33.1 Å². The maximum Gasteiger partial charge on any atom is 0.0644 e. The van der Waals surface area contributed by atoms with Crippen LogP contribution in [0.2, 0.25) is 0 Å². The van der Waals surface area contributed by atoms with Gasteiger partial charge in [-0.3, -0.25) is 4.98 Å². The lowest BCUT2D eigenvalue weighted by molar-refractivity contribution is 1.18. The fraction of sp³-hybridized carbons (Fsp3) is 0. The lowest BCUT2D eigenvalue weighted by Crippen LogP contribution is -2.10. The van der Waals surface area contributed by atoms with E-state index in [2.05, 4.69) is 214 Å². The third-order valence-electron chi connectivity index (χ3n) is 12.0. The molecule has 59 heavy (non-hydrogen) atoms. The van der Waals surface area contributed by atoms with Gasteiger partial charge < -0.3 is 14.8 Å². The second-order valence-corrected chi connectivity index (χ2v) is 15.3. The van der Waals surface area contributed by atoms with Crippen LogP contribution in [0.15, 0.2) is 213 Å². The molecular formula is C55H36N4. The van der Waals surface area contributed by atoms with E-state index in [0.29, 0.717) is 0 Å². The van der Waals surface area contributed by atoms with Gasteiger partial charge >= 0.3 is 0 Å². The molecule has 12 rings (SSSR count). The Bertz CT molecular complexity index is 3370. The van der Waals surface area contributed by atoms with Crippen LogP contribution in [-0.4, -0.2) is 9.55 Å². The lowest BCUT2D eigenvalue weighted by Gasteiger charge is -2.27. The van der Waals surface area contributed by atoms with E-state index in [4.69, 9.17) is 0 Å². The normalized spacial score (nSPS) is 11.9. The monoisotopic (exact) mass is 752 g/mol. The number of para-hydroxylation sites is 3. The molecule has 2 aromatic heterocycles. The molecule has 276 valence electrons. The van der Waals surface area contributed by atoms with Gasteiger partial charge in [0.25, 0.3) is 0 Å². The molecule has 9 aromatic carbocycles. The van der Waals surface area contributed by atoms with Crippen LogP contribution in [0.3, 0.4) is 0 Å². The molecule has 0 bridgehead atoms. The fourth-order valence-corrected chi connectivity index (χ4v) is 9.44. The van der Waals surface area contributed by atoms with Gasteiger partial charge in [0.2, 0.25) is 0 Å². The van der Waals surface area contributed by atoms with E-state index in [0.717, 1.165) is 34.0 Å². The van der Waals surface area contributed by atoms with E-state index in [1.807, 2.05) is 18.5 Å². The average molecular weight is 753 g/mol. The highest BCUT2D eigenvalue weighted by molar-refractivity contribution is 6.22. The van der Waals surface area contributed by atoms with Gasteiger partial charge in [-0.2, -0.15) is 0 Å². The molecule has 0 saturated heterocycles. The summed E-state index contributed by atoms with van der Waals surface area (Å²) in [5, 5.41) is 11.4. The summed E-state index contributed by atoms with van der Waals surface area (Å²) in [6.45, 7) is 0. The molecular weight excluding hydrogens is 717 g/mol. The van der Waals surface area contributed by atoms with Crippen molar-refractivity contribution >= 4 is 71.8 Å². The van der Waals surface area contributed by atoms with E-state index in [9.17, 15) is 0 Å². The molecule has 0 radical (unpaired) electrons. The minimum absolute atomic E-state index is 1.01. The zero-order chi connectivity index (χ0) is 38.9. The van der Waals surface area contributed by atoms with Crippen LogP contribution < -0.4 is 10.2 Å². The molecule has 11 aromatic rings. The van der Waals surface area contributed by atoms with E-state index < -0.39 is 0 Å². The number of benzene rings is 9. The fourth-order valence-electron chi connectivity index (χ4n) is 9.44. The molecule has 1 aliphatic rings. The minimum atomic E-state index is 1.01. The van der Waals surface area contributed by atoms with Crippen molar-refractivity contribution < 1.29 is 0 Å². The number of fused-ring (bicyclic) bond motifs is 7. The third kappa shape index (κ3) is 5.27. The van der Waals surface area contributed by atoms with Gasteiger partial charge in [-0.25, -0.2) is 0 Å². The van der Waals surface area contributed by atoms with E-state index in [1.165, 1.54) is 76.9 Å². The molecule has 0 amide bonds. The van der Waals surface area contributed by atoms with Crippen LogP contribution in [0.4, 0.5) is 28.4 Å². The number of anilines is 5. The molecule has 0 fully saturated rings. The highest BCUT2D eigenvalue weighted by Crippen LogP contribution is 2.51. The maximum absolute atomic E-state index is 4.47. The van der Waals surface area contributed by atoms with Crippen molar-refractivity contribution in [2.45, 2.75) is 0 Å². The molecule has 3 heterocycles. The van der Waals surface area contributed by atoms with Crippen LogP contribution in [-0.2, 0) is 0 Å². The summed E-state index contributed by atoms with van der Waals surface area (Å²) in [4.78, 5) is 6.73. The quantitative estimate of drug-likeness (QED) is 0.184. The smallest absolute Gasteiger partial charge is 0.0644 e. The molecule has 0 aliphatic carbocycles. The molecule has 1 N–H and O–H groups in total. The molecule has 0 unspecified atom stereocenters. The average Bonchev–Trinajstić information content (AvgIpc) is 3.64. The predicted octanol–water partition coefficient (Wildman–Crippen LogP) is 15.0. The zero-order valence-electron chi connectivity index (χ0n) is 32.0. The minimum Gasteiger partial charge on any atom is -0.354 e. The lowest BCUT2D eigenvalue weighted by atomic mass is 9.84. The Balaban J connectivity index is 1.01. The summed E-state index contributed by atoms with van der Waals surface area (Å²) >= 11 is 0. The summed E-state index contributed by atoms with van der Waals surface area (Å²) < 4.78 is 2.38. The van der Waals surface area contributed by atoms with E-state index >= 15 is 0 Å². The molecule has 0 atom stereocenters. The maximum atomic E-state index is 4.47. The van der Waals surface area contributed by atoms with E-state index in [-0.39, 0.29) is 0 Å². The van der Waals surface area contributed by atoms with Crippen molar-refractivity contribution in [3.8, 4) is 39.1 Å². The van der Waals surface area contributed by atoms with Crippen LogP contribution in [0, 0.1) is 0 Å². The summed E-state index contributed by atoms with van der Waals surface area (Å²) in [6.07, 6.45) is 3.74. The highest BCUT2D eigenvalue weighted by Gasteiger charge is 2.24. The SMILES string of the molecule is c1ccc(N(c2cccnc2)c2cccc(-c3cc4c(c5ccccc35)-c3cccc5c(-c6ccc7c(c6)c6ccccc6n7-c6ccccc6)ccc(c35)N4)c2)cc1. The van der Waals surface area contributed by atoms with Gasteiger partial charge in [0.1, 0.15) is 0 Å². The number of hydrogen-bond acceptors (Lipinski definition) is 3. The highest BCUT2D eigenvalue weighted by atomic mass is 15.1. The van der Waals surface area contributed by atoms with Gasteiger partial charge in [-0.15, -0.1) is 0 Å². The van der Waals surface area contributed by atoms with Gasteiger partial charge in [0, 0.05) is 56.4 Å². The van der Waals surface area contributed by atoms with Crippen LogP contribution >= 0.6 is 0 Å². The Hall–Kier alpha value is -7.95.